The molecule has 8 N–H and O–H groups in total. The summed E-state index contributed by atoms with van der Waals surface area (Å²) < 4.78 is 5.86. The third-order valence-electron chi connectivity index (χ3n) is 5.80. The van der Waals surface area contributed by atoms with E-state index in [0.717, 1.165) is 50.3 Å². The second-order valence-electron chi connectivity index (χ2n) is 8.75. The highest BCUT2D eigenvalue weighted by Gasteiger charge is 2.10. The lowest BCUT2D eigenvalue weighted by Crippen LogP contribution is -2.30. The van der Waals surface area contributed by atoms with Crippen molar-refractivity contribution in [3.63, 3.8) is 0 Å². The van der Waals surface area contributed by atoms with E-state index in [-0.39, 0.29) is 17.9 Å². The fourth-order valence-corrected chi connectivity index (χ4v) is 3.67. The number of hydrogen-bond donors (Lipinski definition) is 6. The largest absolute Gasteiger partial charge is 0.384 e. The Morgan fingerprint density at radius 1 is 1.00 bits per heavy atom. The summed E-state index contributed by atoms with van der Waals surface area (Å²) in [5.74, 6) is 1.15. The van der Waals surface area contributed by atoms with Crippen molar-refractivity contribution in [3.05, 3.63) is 36.2 Å². The van der Waals surface area contributed by atoms with Crippen LogP contribution >= 0.6 is 0 Å². The molecule has 0 saturated heterocycles. The highest BCUT2D eigenvalue weighted by Crippen LogP contribution is 2.13. The average molecular weight is 462 g/mol. The molecule has 0 fully saturated rings. The summed E-state index contributed by atoms with van der Waals surface area (Å²) in [7, 11) is 2.10. The van der Waals surface area contributed by atoms with Crippen LogP contribution in [0.1, 0.15) is 70.6 Å². The van der Waals surface area contributed by atoms with E-state index in [1.807, 2.05) is 18.2 Å². The Balaban J connectivity index is 1.89. The number of nitrogens with two attached hydrogens (primary N) is 2. The van der Waals surface area contributed by atoms with Crippen molar-refractivity contribution in [3.8, 4) is 0 Å². The van der Waals surface area contributed by atoms with Crippen molar-refractivity contribution >= 4 is 11.8 Å². The van der Waals surface area contributed by atoms with Gasteiger partial charge in [0.25, 0.3) is 0 Å². The molecule has 1 unspecified atom stereocenters. The molecule has 0 spiro atoms. The molecule has 0 aromatic heterocycles. The molecule has 1 aliphatic rings. The van der Waals surface area contributed by atoms with E-state index in [4.69, 9.17) is 27.0 Å². The zero-order valence-electron chi connectivity index (χ0n) is 20.6. The third-order valence-corrected chi connectivity index (χ3v) is 5.80. The lowest BCUT2D eigenvalue weighted by Gasteiger charge is -2.23. The van der Waals surface area contributed by atoms with Crippen molar-refractivity contribution in [2.45, 2.75) is 76.7 Å². The van der Waals surface area contributed by atoms with Gasteiger partial charge in [0.15, 0.2) is 5.96 Å². The van der Waals surface area contributed by atoms with E-state index < -0.39 is 0 Å². The van der Waals surface area contributed by atoms with Crippen molar-refractivity contribution in [1.82, 2.24) is 15.5 Å². The quantitative estimate of drug-likeness (QED) is 0.0931. The number of unbranched alkanes of at least 4 members (excludes halogenated alkanes) is 8. The molecule has 0 bridgehead atoms. The predicted molar refractivity (Wildman–Crippen MR) is 139 cm³/mol. The maximum absolute atomic E-state index is 7.43. The number of rotatable bonds is 20. The van der Waals surface area contributed by atoms with Gasteiger partial charge in [0, 0.05) is 38.9 Å². The number of nitrogens with zero attached hydrogens (tertiary/aromatic N) is 1. The fourth-order valence-electron chi connectivity index (χ4n) is 3.67. The standard InChI is InChI=1S/C25H47N7O/c1-21(30-18-12-20-33-23-15-13-22(14-16-23)24(26)27)32(2)19-11-9-7-5-3-4-6-8-10-17-31-25(28)29/h13-15,23,30H,1,3-12,16-20H2,2H3,(H3,26,27)(H4,28,29,31). The highest BCUT2D eigenvalue weighted by atomic mass is 16.5. The Morgan fingerprint density at radius 3 is 2.18 bits per heavy atom. The molecular formula is C25H47N7O. The van der Waals surface area contributed by atoms with Crippen LogP contribution in [0.4, 0.5) is 0 Å². The zero-order chi connectivity index (χ0) is 24.3. The number of nitrogens with one attached hydrogen (secondary N) is 4. The van der Waals surface area contributed by atoms with Crippen LogP contribution < -0.4 is 22.1 Å². The van der Waals surface area contributed by atoms with Crippen molar-refractivity contribution < 1.29 is 4.74 Å². The average Bonchev–Trinajstić information content (AvgIpc) is 2.79. The number of amidine groups is 1. The van der Waals surface area contributed by atoms with E-state index in [2.05, 4.69) is 29.2 Å². The molecule has 188 valence electrons. The Bertz CT molecular complexity index is 645. The van der Waals surface area contributed by atoms with E-state index in [1.54, 1.807) is 0 Å². The molecular weight excluding hydrogens is 414 g/mol. The fraction of sp³-hybridized carbons (Fsp3) is 0.680. The van der Waals surface area contributed by atoms with Crippen LogP contribution in [-0.2, 0) is 4.74 Å². The van der Waals surface area contributed by atoms with Crippen LogP contribution in [-0.4, -0.2) is 56.1 Å². The molecule has 0 aromatic rings. The number of guanidine groups is 1. The molecule has 33 heavy (non-hydrogen) atoms. The van der Waals surface area contributed by atoms with Crippen LogP contribution in [0.5, 0.6) is 0 Å². The van der Waals surface area contributed by atoms with Gasteiger partial charge in [-0.05, 0) is 25.7 Å². The second kappa shape index (κ2) is 18.0. The molecule has 1 rings (SSSR count). The van der Waals surface area contributed by atoms with E-state index >= 15 is 0 Å². The van der Waals surface area contributed by atoms with Gasteiger partial charge in [-0.2, -0.15) is 0 Å². The van der Waals surface area contributed by atoms with E-state index in [1.165, 1.54) is 51.4 Å². The van der Waals surface area contributed by atoms with Gasteiger partial charge in [0.2, 0.25) is 0 Å². The lowest BCUT2D eigenvalue weighted by atomic mass is 10.0. The predicted octanol–water partition coefficient (Wildman–Crippen LogP) is 3.57. The second-order valence-corrected chi connectivity index (χ2v) is 8.75. The van der Waals surface area contributed by atoms with Gasteiger partial charge in [-0.3, -0.25) is 10.8 Å². The van der Waals surface area contributed by atoms with E-state index in [0.29, 0.717) is 6.61 Å². The van der Waals surface area contributed by atoms with Gasteiger partial charge in [-0.15, -0.1) is 0 Å². The van der Waals surface area contributed by atoms with Gasteiger partial charge in [0.1, 0.15) is 5.84 Å². The summed E-state index contributed by atoms with van der Waals surface area (Å²) in [5.41, 5.74) is 11.5. The molecule has 0 heterocycles. The molecule has 0 radical (unpaired) electrons. The molecule has 0 amide bonds. The monoisotopic (exact) mass is 461 g/mol. The Labute approximate surface area is 200 Å². The normalized spacial score (nSPS) is 15.1. The van der Waals surface area contributed by atoms with Crippen LogP contribution in [0.25, 0.3) is 0 Å². The van der Waals surface area contributed by atoms with Crippen LogP contribution in [0.3, 0.4) is 0 Å². The molecule has 8 heteroatoms. The Kier molecular flexibility index (Phi) is 15.6. The topological polar surface area (TPSA) is 136 Å². The third kappa shape index (κ3) is 15.1. The summed E-state index contributed by atoms with van der Waals surface area (Å²) in [6.07, 6.45) is 18.9. The minimum absolute atomic E-state index is 0.0712. The number of ether oxygens (including phenoxy) is 1. The van der Waals surface area contributed by atoms with Crippen LogP contribution in [0, 0.1) is 10.8 Å². The minimum Gasteiger partial charge on any atom is -0.384 e. The first-order chi connectivity index (χ1) is 15.9. The summed E-state index contributed by atoms with van der Waals surface area (Å²) in [6.45, 7) is 7.53. The smallest absolute Gasteiger partial charge is 0.185 e. The molecule has 0 saturated carbocycles. The Morgan fingerprint density at radius 2 is 1.61 bits per heavy atom. The maximum atomic E-state index is 7.43. The maximum Gasteiger partial charge on any atom is 0.185 e. The summed E-state index contributed by atoms with van der Waals surface area (Å²) >= 11 is 0. The highest BCUT2D eigenvalue weighted by molar-refractivity contribution is 5.97. The number of hydrogen-bond acceptors (Lipinski definition) is 5. The van der Waals surface area contributed by atoms with Crippen molar-refractivity contribution in [2.24, 2.45) is 11.5 Å². The van der Waals surface area contributed by atoms with Gasteiger partial charge < -0.3 is 31.7 Å². The molecule has 8 nitrogen and oxygen atoms in total. The van der Waals surface area contributed by atoms with E-state index in [9.17, 15) is 0 Å². The summed E-state index contributed by atoms with van der Waals surface area (Å²) in [5, 5.41) is 20.8. The van der Waals surface area contributed by atoms with Crippen LogP contribution in [0.2, 0.25) is 0 Å². The molecule has 1 aliphatic carbocycles. The molecule has 0 aliphatic heterocycles. The van der Waals surface area contributed by atoms with Gasteiger partial charge in [-0.25, -0.2) is 0 Å². The first kappa shape index (κ1) is 28.6. The Hall–Kier alpha value is -2.48. The lowest BCUT2D eigenvalue weighted by molar-refractivity contribution is 0.0845. The first-order valence-corrected chi connectivity index (χ1v) is 12.5. The molecule has 0 aromatic carbocycles. The van der Waals surface area contributed by atoms with Crippen molar-refractivity contribution in [2.75, 3.05) is 33.3 Å². The van der Waals surface area contributed by atoms with Gasteiger partial charge in [-0.1, -0.05) is 69.8 Å². The molecule has 1 atom stereocenters. The zero-order valence-corrected chi connectivity index (χ0v) is 20.6. The van der Waals surface area contributed by atoms with Gasteiger partial charge in [0.05, 0.1) is 11.9 Å². The van der Waals surface area contributed by atoms with Crippen LogP contribution in [0.15, 0.2) is 36.2 Å². The summed E-state index contributed by atoms with van der Waals surface area (Å²) in [4.78, 5) is 2.20. The minimum atomic E-state index is 0.0712. The van der Waals surface area contributed by atoms with Crippen molar-refractivity contribution in [1.29, 1.82) is 10.8 Å². The summed E-state index contributed by atoms with van der Waals surface area (Å²) in [6, 6.07) is 0. The SMILES string of the molecule is C=C(NCCCOC1C=CC(C(=N)N)=CC1)N(C)CCCCCCCCCCCNC(=N)N. The van der Waals surface area contributed by atoms with Gasteiger partial charge >= 0.3 is 0 Å². The first-order valence-electron chi connectivity index (χ1n) is 12.5.